The molecule has 6 nitrogen and oxygen atoms in total. The number of aliphatic hydroxyl groups excluding tert-OH is 2. The highest BCUT2D eigenvalue weighted by molar-refractivity contribution is 5.76. The molecule has 0 aromatic carbocycles. The maximum atomic E-state index is 12.6. The van der Waals surface area contributed by atoms with Crippen LogP contribution in [-0.4, -0.2) is 47.4 Å². The van der Waals surface area contributed by atoms with Crippen LogP contribution in [0.25, 0.3) is 0 Å². The number of hydrogen-bond donors (Lipinski definition) is 3. The Hall–Kier alpha value is -1.66. The predicted molar refractivity (Wildman–Crippen MR) is 380 cm³/mol. The van der Waals surface area contributed by atoms with E-state index in [2.05, 4.69) is 43.5 Å². The minimum absolute atomic E-state index is 0.0128. The number of carbonyl (C=O) groups is 2. The van der Waals surface area contributed by atoms with Gasteiger partial charge in [0.05, 0.1) is 25.4 Å². The number of allylic oxidation sites excluding steroid dienone is 4. The van der Waals surface area contributed by atoms with Crippen molar-refractivity contribution in [2.45, 2.75) is 463 Å². The first-order valence-electron chi connectivity index (χ1n) is 39.6. The average molecular weight is 1210 g/mol. The van der Waals surface area contributed by atoms with Crippen LogP contribution in [0.2, 0.25) is 0 Å². The van der Waals surface area contributed by atoms with Gasteiger partial charge >= 0.3 is 5.97 Å². The maximum absolute atomic E-state index is 12.6. The summed E-state index contributed by atoms with van der Waals surface area (Å²) in [6, 6.07) is -0.540. The monoisotopic (exact) mass is 1210 g/mol. The molecule has 0 aliphatic rings. The molecule has 6 heteroatoms. The van der Waals surface area contributed by atoms with Crippen molar-refractivity contribution in [1.82, 2.24) is 5.32 Å². The van der Waals surface area contributed by atoms with Gasteiger partial charge < -0.3 is 20.3 Å². The Balaban J connectivity index is 3.34. The highest BCUT2D eigenvalue weighted by Gasteiger charge is 2.20. The molecule has 2 unspecified atom stereocenters. The number of carbonyl (C=O) groups excluding carboxylic acids is 2. The largest absolute Gasteiger partial charge is 0.466 e. The molecule has 0 saturated carbocycles. The SMILES string of the molecule is CCCCC/C=C\C/C=C\CCCCCCCCCC(=O)OCCCCCCCCCCCCCCCCCCCCCCCCCCCCCCCC(=O)NC(CO)C(O)CCCCCCCCCCCCCCCCCCCCCCCCC. The van der Waals surface area contributed by atoms with Crippen molar-refractivity contribution >= 4 is 11.9 Å². The third-order valence-corrected chi connectivity index (χ3v) is 18.8. The van der Waals surface area contributed by atoms with Gasteiger partial charge in [-0.15, -0.1) is 0 Å². The summed E-state index contributed by atoms with van der Waals surface area (Å²) in [4.78, 5) is 24.7. The molecule has 0 heterocycles. The van der Waals surface area contributed by atoms with E-state index >= 15 is 0 Å². The molecule has 0 aliphatic heterocycles. The molecule has 0 radical (unpaired) electrons. The van der Waals surface area contributed by atoms with E-state index in [-0.39, 0.29) is 18.5 Å². The molecule has 0 aliphatic carbocycles. The predicted octanol–water partition coefficient (Wildman–Crippen LogP) is 26.0. The topological polar surface area (TPSA) is 95.9 Å². The van der Waals surface area contributed by atoms with Crippen LogP contribution in [0, 0.1) is 0 Å². The minimum atomic E-state index is -0.663. The number of hydrogen-bond acceptors (Lipinski definition) is 5. The van der Waals surface area contributed by atoms with Crippen LogP contribution in [-0.2, 0) is 14.3 Å². The van der Waals surface area contributed by atoms with Crippen molar-refractivity contribution < 1.29 is 24.5 Å². The molecular formula is C80H155NO5. The van der Waals surface area contributed by atoms with Gasteiger partial charge in [-0.25, -0.2) is 0 Å². The van der Waals surface area contributed by atoms with Crippen molar-refractivity contribution in [1.29, 1.82) is 0 Å². The van der Waals surface area contributed by atoms with Crippen molar-refractivity contribution in [3.05, 3.63) is 24.3 Å². The molecule has 86 heavy (non-hydrogen) atoms. The van der Waals surface area contributed by atoms with Crippen LogP contribution in [0.3, 0.4) is 0 Å². The molecule has 510 valence electrons. The zero-order chi connectivity index (χ0) is 62.0. The Labute approximate surface area is 539 Å². The first-order valence-corrected chi connectivity index (χ1v) is 39.6. The summed E-state index contributed by atoms with van der Waals surface area (Å²) in [6.45, 7) is 4.98. The van der Waals surface area contributed by atoms with Crippen LogP contribution < -0.4 is 5.32 Å². The van der Waals surface area contributed by atoms with Crippen LogP contribution in [0.1, 0.15) is 450 Å². The van der Waals surface area contributed by atoms with Crippen molar-refractivity contribution in [2.75, 3.05) is 13.2 Å². The molecule has 0 rings (SSSR count). The van der Waals surface area contributed by atoms with Gasteiger partial charge in [-0.3, -0.25) is 9.59 Å². The summed E-state index contributed by atoms with van der Waals surface area (Å²) in [5.74, 6) is -0.0130. The van der Waals surface area contributed by atoms with E-state index in [1.165, 1.54) is 366 Å². The molecule has 0 aromatic rings. The lowest BCUT2D eigenvalue weighted by atomic mass is 10.0. The number of nitrogens with one attached hydrogen (secondary N) is 1. The van der Waals surface area contributed by atoms with Gasteiger partial charge in [-0.05, 0) is 57.8 Å². The summed E-state index contributed by atoms with van der Waals surface area (Å²) >= 11 is 0. The fourth-order valence-corrected chi connectivity index (χ4v) is 12.7. The molecule has 0 aromatic heterocycles. The zero-order valence-corrected chi connectivity index (χ0v) is 58.6. The van der Waals surface area contributed by atoms with E-state index in [0.717, 1.165) is 51.4 Å². The molecule has 1 amide bonds. The van der Waals surface area contributed by atoms with E-state index in [0.29, 0.717) is 25.9 Å². The molecule has 0 bridgehead atoms. The summed E-state index contributed by atoms with van der Waals surface area (Å²) < 4.78 is 5.51. The van der Waals surface area contributed by atoms with E-state index in [1.54, 1.807) is 0 Å². The standard InChI is InChI=1S/C80H155NO5/c1-3-5-7-9-11-13-15-17-19-21-22-23-31-34-37-41-44-48-52-56-60-64-68-72-78(83)77(76-82)81-79(84)73-69-65-61-57-53-49-45-42-38-35-32-29-27-25-24-26-28-30-33-36-39-43-47-51-55-59-63-67-71-75-86-80(85)74-70-66-62-58-54-50-46-40-20-18-16-14-12-10-8-6-4-2/h12,14,18,20,77-78,82-83H,3-11,13,15-17,19,21-76H2,1-2H3,(H,81,84)/b14-12-,20-18-. The fraction of sp³-hybridized carbons (Fsp3) is 0.925. The molecule has 2 atom stereocenters. The molecular weight excluding hydrogens is 1050 g/mol. The Morgan fingerprint density at radius 2 is 0.581 bits per heavy atom. The third kappa shape index (κ3) is 71.4. The van der Waals surface area contributed by atoms with Crippen molar-refractivity contribution in [3.63, 3.8) is 0 Å². The lowest BCUT2D eigenvalue weighted by Gasteiger charge is -2.22. The second kappa shape index (κ2) is 75.8. The zero-order valence-electron chi connectivity index (χ0n) is 58.6. The Kier molecular flexibility index (Phi) is 74.3. The average Bonchev–Trinajstić information content (AvgIpc) is 3.54. The Morgan fingerprint density at radius 3 is 0.907 bits per heavy atom. The van der Waals surface area contributed by atoms with Crippen LogP contribution in [0.5, 0.6) is 0 Å². The maximum Gasteiger partial charge on any atom is 0.305 e. The van der Waals surface area contributed by atoms with Gasteiger partial charge in [0.25, 0.3) is 0 Å². The van der Waals surface area contributed by atoms with Crippen molar-refractivity contribution in [2.24, 2.45) is 0 Å². The van der Waals surface area contributed by atoms with E-state index in [9.17, 15) is 19.8 Å². The van der Waals surface area contributed by atoms with Crippen LogP contribution in [0.15, 0.2) is 24.3 Å². The number of rotatable bonds is 75. The number of ether oxygens (including phenoxy) is 1. The van der Waals surface area contributed by atoms with Gasteiger partial charge in [-0.2, -0.15) is 0 Å². The van der Waals surface area contributed by atoms with Crippen molar-refractivity contribution in [3.8, 4) is 0 Å². The van der Waals surface area contributed by atoms with Gasteiger partial charge in [0.2, 0.25) is 5.91 Å². The second-order valence-corrected chi connectivity index (χ2v) is 27.4. The molecule has 0 saturated heterocycles. The van der Waals surface area contributed by atoms with Gasteiger partial charge in [0, 0.05) is 12.8 Å². The quantitative estimate of drug-likeness (QED) is 0.0320. The van der Waals surface area contributed by atoms with Gasteiger partial charge in [0.1, 0.15) is 0 Å². The smallest absolute Gasteiger partial charge is 0.305 e. The number of aliphatic hydroxyl groups is 2. The third-order valence-electron chi connectivity index (χ3n) is 18.8. The lowest BCUT2D eigenvalue weighted by molar-refractivity contribution is -0.143. The summed E-state index contributed by atoms with van der Waals surface area (Å²) in [6.07, 6.45) is 96.9. The van der Waals surface area contributed by atoms with Gasteiger partial charge in [-0.1, -0.05) is 404 Å². The number of amides is 1. The number of esters is 1. The fourth-order valence-electron chi connectivity index (χ4n) is 12.7. The molecule has 0 spiro atoms. The highest BCUT2D eigenvalue weighted by atomic mass is 16.5. The highest BCUT2D eigenvalue weighted by Crippen LogP contribution is 2.20. The summed E-state index contributed by atoms with van der Waals surface area (Å²) in [5.41, 5.74) is 0. The van der Waals surface area contributed by atoms with E-state index in [1.807, 2.05) is 0 Å². The molecule has 0 fully saturated rings. The van der Waals surface area contributed by atoms with Crippen LogP contribution in [0.4, 0.5) is 0 Å². The summed E-state index contributed by atoms with van der Waals surface area (Å²) in [7, 11) is 0. The first-order chi connectivity index (χ1) is 42.5. The Bertz CT molecular complexity index is 1350. The van der Waals surface area contributed by atoms with E-state index < -0.39 is 12.1 Å². The van der Waals surface area contributed by atoms with E-state index in [4.69, 9.17) is 4.74 Å². The molecule has 3 N–H and O–H groups in total. The number of unbranched alkanes of at least 4 members (excludes halogenated alkanes) is 60. The first kappa shape index (κ1) is 84.3. The Morgan fingerprint density at radius 1 is 0.326 bits per heavy atom. The normalized spacial score (nSPS) is 12.6. The van der Waals surface area contributed by atoms with Crippen LogP contribution >= 0.6 is 0 Å². The van der Waals surface area contributed by atoms with Gasteiger partial charge in [0.15, 0.2) is 0 Å². The lowest BCUT2D eigenvalue weighted by Crippen LogP contribution is -2.45. The minimum Gasteiger partial charge on any atom is -0.466 e. The second-order valence-electron chi connectivity index (χ2n) is 27.4. The summed E-state index contributed by atoms with van der Waals surface area (Å²) in [5, 5.41) is 23.5.